The summed E-state index contributed by atoms with van der Waals surface area (Å²) < 4.78 is 38.5. The number of carbonyl (C=O) groups excluding carboxylic acids is 1. The van der Waals surface area contributed by atoms with E-state index in [4.69, 9.17) is 21.1 Å². The van der Waals surface area contributed by atoms with E-state index in [1.165, 1.54) is 18.5 Å². The molecule has 32 heavy (non-hydrogen) atoms. The van der Waals surface area contributed by atoms with Gasteiger partial charge in [-0.1, -0.05) is 29.3 Å². The van der Waals surface area contributed by atoms with Crippen molar-refractivity contribution in [1.29, 1.82) is 0 Å². The van der Waals surface area contributed by atoms with Gasteiger partial charge in [0.05, 0.1) is 29.8 Å². The molecule has 1 saturated heterocycles. The number of aryl methyl sites for hydroxylation is 3. The first-order valence-corrected chi connectivity index (χ1v) is 12.2. The maximum Gasteiger partial charge on any atom is 0.243 e. The molecule has 0 bridgehead atoms. The number of nitrogens with one attached hydrogen (secondary N) is 1. The molecule has 1 aliphatic heterocycles. The molecule has 0 unspecified atom stereocenters. The normalized spacial score (nSPS) is 15.4. The van der Waals surface area contributed by atoms with Gasteiger partial charge in [-0.05, 0) is 44.7 Å². The minimum absolute atomic E-state index is 0.195. The van der Waals surface area contributed by atoms with Crippen LogP contribution in [0, 0.1) is 26.7 Å². The number of anilines is 1. The van der Waals surface area contributed by atoms with E-state index in [1.807, 2.05) is 32.9 Å². The van der Waals surface area contributed by atoms with Crippen LogP contribution >= 0.6 is 11.6 Å². The van der Waals surface area contributed by atoms with Gasteiger partial charge < -0.3 is 14.8 Å². The second-order valence-corrected chi connectivity index (χ2v) is 10.4. The van der Waals surface area contributed by atoms with Crippen LogP contribution in [0.2, 0.25) is 5.02 Å². The molecule has 3 rings (SSSR count). The predicted octanol–water partition coefficient (Wildman–Crippen LogP) is 4.32. The van der Waals surface area contributed by atoms with Gasteiger partial charge in [0.25, 0.3) is 0 Å². The molecule has 0 saturated carbocycles. The van der Waals surface area contributed by atoms with Crippen LogP contribution in [0.3, 0.4) is 0 Å². The summed E-state index contributed by atoms with van der Waals surface area (Å²) in [5, 5.41) is 3.18. The van der Waals surface area contributed by atoms with Crippen molar-refractivity contribution < 1.29 is 22.7 Å². The van der Waals surface area contributed by atoms with Gasteiger partial charge >= 0.3 is 0 Å². The van der Waals surface area contributed by atoms with Gasteiger partial charge in [-0.25, -0.2) is 8.42 Å². The molecule has 0 aliphatic carbocycles. The minimum Gasteiger partial charge on any atom is -0.493 e. The minimum atomic E-state index is -3.62. The number of methoxy groups -OCH3 is 2. The summed E-state index contributed by atoms with van der Waals surface area (Å²) in [5.74, 6) is 0.414. The highest BCUT2D eigenvalue weighted by molar-refractivity contribution is 7.89. The standard InChI is InChI=1S/C23H29ClN2O5S/c1-14-10-15(2)22(16(3)11-14)32(28,29)26-8-6-17(7-9-26)23(27)25-19-13-21(31-5)20(30-4)12-18(19)24/h10-13,17H,6-9H2,1-5H3,(H,25,27). The molecule has 2 aromatic rings. The SMILES string of the molecule is COc1cc(Cl)c(NC(=O)C2CCN(S(=O)(=O)c3c(C)cc(C)cc3C)CC2)cc1OC. The lowest BCUT2D eigenvalue weighted by molar-refractivity contribution is -0.120. The molecule has 1 amide bonds. The maximum atomic E-state index is 13.3. The lowest BCUT2D eigenvalue weighted by Crippen LogP contribution is -2.41. The molecule has 7 nitrogen and oxygen atoms in total. The van der Waals surface area contributed by atoms with Crippen molar-refractivity contribution in [3.05, 3.63) is 46.0 Å². The molecule has 1 heterocycles. The third kappa shape index (κ3) is 4.87. The highest BCUT2D eigenvalue weighted by Crippen LogP contribution is 2.37. The number of hydrogen-bond acceptors (Lipinski definition) is 5. The fourth-order valence-corrected chi connectivity index (χ4v) is 6.33. The Labute approximate surface area is 194 Å². The van der Waals surface area contributed by atoms with Crippen LogP contribution in [-0.2, 0) is 14.8 Å². The summed E-state index contributed by atoms with van der Waals surface area (Å²) in [6, 6.07) is 6.96. The molecule has 2 aromatic carbocycles. The van der Waals surface area contributed by atoms with Crippen LogP contribution in [0.1, 0.15) is 29.5 Å². The maximum absolute atomic E-state index is 13.3. The number of nitrogens with zero attached hydrogens (tertiary/aromatic N) is 1. The average molecular weight is 481 g/mol. The number of halogens is 1. The summed E-state index contributed by atoms with van der Waals surface area (Å²) in [6.45, 7) is 6.16. The predicted molar refractivity (Wildman–Crippen MR) is 125 cm³/mol. The summed E-state index contributed by atoms with van der Waals surface area (Å²) >= 11 is 6.27. The number of ether oxygens (including phenoxy) is 2. The highest BCUT2D eigenvalue weighted by atomic mass is 35.5. The third-order valence-electron chi connectivity index (χ3n) is 5.76. The van der Waals surface area contributed by atoms with E-state index in [9.17, 15) is 13.2 Å². The van der Waals surface area contributed by atoms with E-state index in [-0.39, 0.29) is 24.9 Å². The first-order chi connectivity index (χ1) is 15.1. The van der Waals surface area contributed by atoms with Crippen molar-refractivity contribution >= 4 is 33.2 Å². The number of rotatable bonds is 6. The second kappa shape index (κ2) is 9.68. The summed E-state index contributed by atoms with van der Waals surface area (Å²) in [5.41, 5.74) is 2.94. The number of amides is 1. The van der Waals surface area contributed by atoms with Crippen LogP contribution in [-0.4, -0.2) is 45.9 Å². The van der Waals surface area contributed by atoms with Gasteiger partial charge in [0.1, 0.15) is 0 Å². The van der Waals surface area contributed by atoms with Crippen molar-refractivity contribution in [1.82, 2.24) is 4.31 Å². The Bertz CT molecular complexity index is 1100. The van der Waals surface area contributed by atoms with E-state index in [0.29, 0.717) is 39.9 Å². The number of carbonyl (C=O) groups is 1. The van der Waals surface area contributed by atoms with Gasteiger partial charge in [0.15, 0.2) is 11.5 Å². The Morgan fingerprint density at radius 2 is 1.53 bits per heavy atom. The van der Waals surface area contributed by atoms with Crippen molar-refractivity contribution in [2.75, 3.05) is 32.6 Å². The Balaban J connectivity index is 1.70. The number of sulfonamides is 1. The van der Waals surface area contributed by atoms with Gasteiger partial charge in [-0.15, -0.1) is 0 Å². The molecule has 9 heteroatoms. The molecule has 0 spiro atoms. The Hall–Kier alpha value is -2.29. The molecular formula is C23H29ClN2O5S. The van der Waals surface area contributed by atoms with Crippen molar-refractivity contribution in [3.63, 3.8) is 0 Å². The fraction of sp³-hybridized carbons (Fsp3) is 0.435. The third-order valence-corrected chi connectivity index (χ3v) is 8.28. The fourth-order valence-electron chi connectivity index (χ4n) is 4.25. The Kier molecular flexibility index (Phi) is 7.37. The summed E-state index contributed by atoms with van der Waals surface area (Å²) in [4.78, 5) is 13.2. The molecule has 1 fully saturated rings. The van der Waals surface area contributed by atoms with E-state index in [2.05, 4.69) is 5.32 Å². The lowest BCUT2D eigenvalue weighted by atomic mass is 9.97. The van der Waals surface area contributed by atoms with Crippen molar-refractivity contribution in [2.45, 2.75) is 38.5 Å². The molecule has 1 aliphatic rings. The van der Waals surface area contributed by atoms with Gasteiger partial charge in [-0.3, -0.25) is 4.79 Å². The van der Waals surface area contributed by atoms with Crippen LogP contribution < -0.4 is 14.8 Å². The monoisotopic (exact) mass is 480 g/mol. The summed E-state index contributed by atoms with van der Waals surface area (Å²) in [6.07, 6.45) is 0.861. The van der Waals surface area contributed by atoms with Crippen molar-refractivity contribution in [3.8, 4) is 11.5 Å². The highest BCUT2D eigenvalue weighted by Gasteiger charge is 2.34. The second-order valence-electron chi connectivity index (χ2n) is 8.08. The quantitative estimate of drug-likeness (QED) is 0.665. The summed E-state index contributed by atoms with van der Waals surface area (Å²) in [7, 11) is -0.609. The lowest BCUT2D eigenvalue weighted by Gasteiger charge is -2.31. The average Bonchev–Trinajstić information content (AvgIpc) is 2.73. The van der Waals surface area contributed by atoms with Crippen LogP contribution in [0.5, 0.6) is 11.5 Å². The number of benzene rings is 2. The molecule has 1 N–H and O–H groups in total. The van der Waals surface area contributed by atoms with E-state index in [0.717, 1.165) is 16.7 Å². The Morgan fingerprint density at radius 1 is 1.00 bits per heavy atom. The zero-order chi connectivity index (χ0) is 23.6. The number of piperidine rings is 1. The molecule has 0 aromatic heterocycles. The topological polar surface area (TPSA) is 84.9 Å². The largest absolute Gasteiger partial charge is 0.493 e. The van der Waals surface area contributed by atoms with E-state index in [1.54, 1.807) is 12.1 Å². The van der Waals surface area contributed by atoms with Gasteiger partial charge in [-0.2, -0.15) is 4.31 Å². The first-order valence-electron chi connectivity index (χ1n) is 10.4. The van der Waals surface area contributed by atoms with E-state index < -0.39 is 10.0 Å². The van der Waals surface area contributed by atoms with Crippen LogP contribution in [0.4, 0.5) is 5.69 Å². The van der Waals surface area contributed by atoms with Crippen molar-refractivity contribution in [2.24, 2.45) is 5.92 Å². The molecular weight excluding hydrogens is 452 g/mol. The Morgan fingerprint density at radius 3 is 2.06 bits per heavy atom. The zero-order valence-electron chi connectivity index (χ0n) is 19.0. The van der Waals surface area contributed by atoms with Crippen LogP contribution in [0.15, 0.2) is 29.2 Å². The molecule has 0 atom stereocenters. The zero-order valence-corrected chi connectivity index (χ0v) is 20.6. The van der Waals surface area contributed by atoms with Gasteiger partial charge in [0.2, 0.25) is 15.9 Å². The number of hydrogen-bond donors (Lipinski definition) is 1. The van der Waals surface area contributed by atoms with Gasteiger partial charge in [0, 0.05) is 31.1 Å². The first kappa shape index (κ1) is 24.4. The molecule has 0 radical (unpaired) electrons. The molecule has 174 valence electrons. The van der Waals surface area contributed by atoms with Crippen LogP contribution in [0.25, 0.3) is 0 Å². The van der Waals surface area contributed by atoms with E-state index >= 15 is 0 Å². The smallest absolute Gasteiger partial charge is 0.243 e.